The van der Waals surface area contributed by atoms with E-state index in [-0.39, 0.29) is 10.5 Å². The summed E-state index contributed by atoms with van der Waals surface area (Å²) in [6.07, 6.45) is 1.11. The van der Waals surface area contributed by atoms with Crippen LogP contribution in [-0.2, 0) is 9.84 Å². The van der Waals surface area contributed by atoms with Gasteiger partial charge in [-0.05, 0) is 25.1 Å². The molecule has 2 aromatic carbocycles. The van der Waals surface area contributed by atoms with Gasteiger partial charge in [0.2, 0.25) is 0 Å². The topological polar surface area (TPSA) is 76.1 Å². The third-order valence-electron chi connectivity index (χ3n) is 3.60. The molecule has 0 bridgehead atoms. The van der Waals surface area contributed by atoms with Crippen molar-refractivity contribution in [2.75, 3.05) is 11.6 Å². The van der Waals surface area contributed by atoms with Crippen LogP contribution in [0, 0.1) is 6.92 Å². The number of hydrogen-bond donors (Lipinski definition) is 1. The van der Waals surface area contributed by atoms with E-state index in [0.29, 0.717) is 5.13 Å². The van der Waals surface area contributed by atoms with Crippen molar-refractivity contribution in [2.24, 2.45) is 0 Å². The van der Waals surface area contributed by atoms with E-state index in [2.05, 4.69) is 10.3 Å². The Morgan fingerprint density at radius 2 is 1.84 bits per heavy atom. The number of carbonyl (C=O) groups is 1. The molecule has 7 heteroatoms. The van der Waals surface area contributed by atoms with E-state index in [1.54, 1.807) is 12.1 Å². The maximum atomic E-state index is 12.3. The first-order valence-corrected chi connectivity index (χ1v) is 10.2. The minimum atomic E-state index is -3.36. The Labute approximate surface area is 150 Å². The van der Waals surface area contributed by atoms with Crippen molar-refractivity contribution in [2.45, 2.75) is 11.8 Å². The monoisotopic (exact) mass is 372 g/mol. The van der Waals surface area contributed by atoms with Crippen molar-refractivity contribution in [1.82, 2.24) is 4.98 Å². The molecule has 0 spiro atoms. The van der Waals surface area contributed by atoms with Gasteiger partial charge in [-0.25, -0.2) is 13.4 Å². The molecule has 0 aliphatic carbocycles. The summed E-state index contributed by atoms with van der Waals surface area (Å²) in [4.78, 5) is 16.9. The molecule has 1 amide bonds. The van der Waals surface area contributed by atoms with Gasteiger partial charge in [-0.2, -0.15) is 0 Å². The predicted molar refractivity (Wildman–Crippen MR) is 99.8 cm³/mol. The highest BCUT2D eigenvalue weighted by Crippen LogP contribution is 2.25. The second-order valence-electron chi connectivity index (χ2n) is 5.66. The number of benzene rings is 2. The summed E-state index contributed by atoms with van der Waals surface area (Å²) >= 11 is 1.32. The normalized spacial score (nSPS) is 11.3. The van der Waals surface area contributed by atoms with E-state index in [9.17, 15) is 13.2 Å². The van der Waals surface area contributed by atoms with Crippen molar-refractivity contribution < 1.29 is 13.2 Å². The van der Waals surface area contributed by atoms with E-state index >= 15 is 0 Å². The van der Waals surface area contributed by atoms with Gasteiger partial charge in [-0.3, -0.25) is 10.1 Å². The van der Waals surface area contributed by atoms with Crippen LogP contribution in [0.3, 0.4) is 0 Å². The highest BCUT2D eigenvalue weighted by molar-refractivity contribution is 7.90. The number of aryl methyl sites for hydroxylation is 1. The van der Waals surface area contributed by atoms with Gasteiger partial charge in [0.25, 0.3) is 5.91 Å². The van der Waals surface area contributed by atoms with Gasteiger partial charge in [0.15, 0.2) is 15.0 Å². The van der Waals surface area contributed by atoms with Crippen LogP contribution < -0.4 is 5.32 Å². The van der Waals surface area contributed by atoms with E-state index < -0.39 is 15.7 Å². The number of sulfone groups is 1. The summed E-state index contributed by atoms with van der Waals surface area (Å²) in [5.74, 6) is -0.393. The van der Waals surface area contributed by atoms with Crippen LogP contribution in [0.2, 0.25) is 0 Å². The number of aromatic nitrogens is 1. The van der Waals surface area contributed by atoms with Gasteiger partial charge in [-0.1, -0.05) is 35.9 Å². The van der Waals surface area contributed by atoms with Gasteiger partial charge < -0.3 is 0 Å². The first-order chi connectivity index (χ1) is 11.8. The molecule has 0 saturated carbocycles. The number of amides is 1. The molecule has 0 saturated heterocycles. The maximum absolute atomic E-state index is 12.3. The van der Waals surface area contributed by atoms with Crippen molar-refractivity contribution >= 4 is 32.2 Å². The van der Waals surface area contributed by atoms with Gasteiger partial charge >= 0.3 is 0 Å². The zero-order chi connectivity index (χ0) is 18.0. The lowest BCUT2D eigenvalue weighted by molar-refractivity contribution is 0.102. The van der Waals surface area contributed by atoms with Gasteiger partial charge in [0.05, 0.1) is 10.6 Å². The summed E-state index contributed by atoms with van der Waals surface area (Å²) < 4.78 is 23.2. The van der Waals surface area contributed by atoms with Crippen LogP contribution in [0.25, 0.3) is 11.3 Å². The van der Waals surface area contributed by atoms with Crippen molar-refractivity contribution in [3.05, 3.63) is 65.0 Å². The van der Waals surface area contributed by atoms with Crippen molar-refractivity contribution in [3.63, 3.8) is 0 Å². The molecular weight excluding hydrogens is 356 g/mol. The SMILES string of the molecule is Cc1ccc(-c2csc(NC(=O)c3cccc(S(C)(=O)=O)c3)n2)cc1. The minimum absolute atomic E-state index is 0.111. The molecule has 0 atom stereocenters. The second kappa shape index (κ2) is 6.78. The van der Waals surface area contributed by atoms with E-state index in [1.165, 1.54) is 29.0 Å². The lowest BCUT2D eigenvalue weighted by Gasteiger charge is -2.04. The highest BCUT2D eigenvalue weighted by Gasteiger charge is 2.13. The Hall–Kier alpha value is -2.51. The standard InChI is InChI=1S/C18H16N2O3S2/c1-12-6-8-13(9-7-12)16-11-24-18(19-16)20-17(21)14-4-3-5-15(10-14)25(2,22)23/h3-11H,1-2H3,(H,19,20,21). The van der Waals surface area contributed by atoms with E-state index in [0.717, 1.165) is 17.5 Å². The average Bonchev–Trinajstić information content (AvgIpc) is 3.03. The Bertz CT molecular complexity index is 1020. The summed E-state index contributed by atoms with van der Waals surface area (Å²) in [7, 11) is -3.36. The molecule has 128 valence electrons. The zero-order valence-electron chi connectivity index (χ0n) is 13.7. The maximum Gasteiger partial charge on any atom is 0.257 e. The number of nitrogens with zero attached hydrogens (tertiary/aromatic N) is 1. The fourth-order valence-electron chi connectivity index (χ4n) is 2.23. The fraction of sp³-hybridized carbons (Fsp3) is 0.111. The van der Waals surface area contributed by atoms with Crippen molar-refractivity contribution in [3.8, 4) is 11.3 Å². The molecule has 0 fully saturated rings. The summed E-state index contributed by atoms with van der Waals surface area (Å²) in [6.45, 7) is 2.01. The third-order valence-corrected chi connectivity index (χ3v) is 5.46. The molecule has 1 aromatic heterocycles. The number of nitrogens with one attached hydrogen (secondary N) is 1. The Morgan fingerprint density at radius 3 is 2.52 bits per heavy atom. The number of carbonyl (C=O) groups excluding carboxylic acids is 1. The Balaban J connectivity index is 1.79. The van der Waals surface area contributed by atoms with Crippen LogP contribution in [0.4, 0.5) is 5.13 Å². The zero-order valence-corrected chi connectivity index (χ0v) is 15.3. The molecule has 0 unspecified atom stereocenters. The van der Waals surface area contributed by atoms with Gasteiger partial charge in [0.1, 0.15) is 0 Å². The van der Waals surface area contributed by atoms with Gasteiger partial charge in [0, 0.05) is 22.8 Å². The van der Waals surface area contributed by atoms with Crippen LogP contribution >= 0.6 is 11.3 Å². The Kier molecular flexibility index (Phi) is 4.69. The molecule has 1 N–H and O–H groups in total. The summed E-state index contributed by atoms with van der Waals surface area (Å²) in [6, 6.07) is 13.9. The fourth-order valence-corrected chi connectivity index (χ4v) is 3.61. The molecular formula is C18H16N2O3S2. The second-order valence-corrected chi connectivity index (χ2v) is 8.53. The minimum Gasteiger partial charge on any atom is -0.298 e. The molecule has 5 nitrogen and oxygen atoms in total. The van der Waals surface area contributed by atoms with Crippen LogP contribution in [0.15, 0.2) is 58.8 Å². The third kappa shape index (κ3) is 4.12. The summed E-state index contributed by atoms with van der Waals surface area (Å²) in [5.41, 5.74) is 3.19. The van der Waals surface area contributed by atoms with Crippen molar-refractivity contribution in [1.29, 1.82) is 0 Å². The Morgan fingerprint density at radius 1 is 1.12 bits per heavy atom. The number of hydrogen-bond acceptors (Lipinski definition) is 5. The van der Waals surface area contributed by atoms with Crippen LogP contribution in [-0.4, -0.2) is 25.6 Å². The quantitative estimate of drug-likeness (QED) is 0.756. The molecule has 1 heterocycles. The number of thiazole rings is 1. The molecule has 0 aliphatic heterocycles. The highest BCUT2D eigenvalue weighted by atomic mass is 32.2. The average molecular weight is 372 g/mol. The number of rotatable bonds is 4. The first-order valence-electron chi connectivity index (χ1n) is 7.47. The van der Waals surface area contributed by atoms with Crippen LogP contribution in [0.1, 0.15) is 15.9 Å². The summed E-state index contributed by atoms with van der Waals surface area (Å²) in [5, 5.41) is 5.04. The predicted octanol–water partition coefficient (Wildman–Crippen LogP) is 3.77. The molecule has 0 aliphatic rings. The molecule has 25 heavy (non-hydrogen) atoms. The number of anilines is 1. The lowest BCUT2D eigenvalue weighted by Crippen LogP contribution is -2.12. The van der Waals surface area contributed by atoms with E-state index in [1.807, 2.05) is 36.6 Å². The molecule has 0 radical (unpaired) electrons. The van der Waals surface area contributed by atoms with E-state index in [4.69, 9.17) is 0 Å². The van der Waals surface area contributed by atoms with Crippen LogP contribution in [0.5, 0.6) is 0 Å². The smallest absolute Gasteiger partial charge is 0.257 e. The van der Waals surface area contributed by atoms with Gasteiger partial charge in [-0.15, -0.1) is 11.3 Å². The molecule has 3 rings (SSSR count). The molecule has 3 aromatic rings. The largest absolute Gasteiger partial charge is 0.298 e. The lowest BCUT2D eigenvalue weighted by atomic mass is 10.1. The first kappa shape index (κ1) is 17.3.